The Bertz CT molecular complexity index is 870. The van der Waals surface area contributed by atoms with Crippen LogP contribution in [0.4, 0.5) is 14.6 Å². The fourth-order valence-corrected chi connectivity index (χ4v) is 3.46. The summed E-state index contributed by atoms with van der Waals surface area (Å²) in [6.45, 7) is 2.79. The van der Waals surface area contributed by atoms with Crippen molar-refractivity contribution in [3.8, 4) is 5.75 Å². The van der Waals surface area contributed by atoms with Gasteiger partial charge in [0.05, 0.1) is 12.7 Å². The number of ether oxygens (including phenoxy) is 2. The summed E-state index contributed by atoms with van der Waals surface area (Å²) in [6, 6.07) is 10.7. The average Bonchev–Trinajstić information content (AvgIpc) is 2.75. The number of nitrogens with one attached hydrogen (secondary N) is 1. The predicted octanol–water partition coefficient (Wildman–Crippen LogP) is 3.73. The Kier molecular flexibility index (Phi) is 10.4. The maximum Gasteiger partial charge on any atom is 0.387 e. The van der Waals surface area contributed by atoms with Crippen LogP contribution in [0.15, 0.2) is 47.6 Å². The normalized spacial score (nSPS) is 16.5. The van der Waals surface area contributed by atoms with Crippen molar-refractivity contribution in [3.63, 3.8) is 0 Å². The first-order valence-electron chi connectivity index (χ1n) is 10.2. The Balaban J connectivity index is 0.00000363. The Hall–Kier alpha value is -2.21. The van der Waals surface area contributed by atoms with Gasteiger partial charge in [-0.3, -0.25) is 4.99 Å². The molecule has 1 aromatic heterocycles. The molecule has 2 aromatic rings. The van der Waals surface area contributed by atoms with Gasteiger partial charge in [-0.15, -0.1) is 24.0 Å². The molecule has 2 heterocycles. The number of alkyl halides is 2. The summed E-state index contributed by atoms with van der Waals surface area (Å²) in [6.07, 6.45) is 2.02. The number of benzene rings is 1. The molecule has 1 saturated heterocycles. The van der Waals surface area contributed by atoms with Crippen LogP contribution in [0.2, 0.25) is 0 Å². The molecule has 0 saturated carbocycles. The number of morpholine rings is 1. The highest BCUT2D eigenvalue weighted by atomic mass is 127. The van der Waals surface area contributed by atoms with Gasteiger partial charge in [0.1, 0.15) is 11.6 Å². The molecule has 0 aliphatic carbocycles. The second-order valence-corrected chi connectivity index (χ2v) is 7.43. The van der Waals surface area contributed by atoms with E-state index in [4.69, 9.17) is 4.74 Å². The third-order valence-corrected chi connectivity index (χ3v) is 4.97. The van der Waals surface area contributed by atoms with Crippen LogP contribution in [0.5, 0.6) is 5.75 Å². The minimum Gasteiger partial charge on any atom is -0.435 e. The molecule has 1 atom stereocenters. The van der Waals surface area contributed by atoms with Crippen LogP contribution in [0.3, 0.4) is 0 Å². The zero-order chi connectivity index (χ0) is 22.2. The number of nitrogens with zero attached hydrogens (tertiary/aromatic N) is 4. The van der Waals surface area contributed by atoms with Crippen LogP contribution in [-0.4, -0.2) is 62.4 Å². The van der Waals surface area contributed by atoms with Gasteiger partial charge in [0.15, 0.2) is 5.96 Å². The van der Waals surface area contributed by atoms with Crippen molar-refractivity contribution in [1.82, 2.24) is 15.2 Å². The number of anilines is 1. The summed E-state index contributed by atoms with van der Waals surface area (Å²) in [5.74, 6) is 1.82. The van der Waals surface area contributed by atoms with E-state index in [-0.39, 0.29) is 35.8 Å². The van der Waals surface area contributed by atoms with E-state index >= 15 is 0 Å². The Labute approximate surface area is 204 Å². The van der Waals surface area contributed by atoms with E-state index in [0.29, 0.717) is 19.7 Å². The van der Waals surface area contributed by atoms with Crippen LogP contribution < -0.4 is 15.0 Å². The fourth-order valence-electron chi connectivity index (χ4n) is 3.46. The molecule has 7 nitrogen and oxygen atoms in total. The van der Waals surface area contributed by atoms with Gasteiger partial charge >= 0.3 is 6.61 Å². The van der Waals surface area contributed by atoms with Crippen molar-refractivity contribution in [1.29, 1.82) is 0 Å². The summed E-state index contributed by atoms with van der Waals surface area (Å²) in [7, 11) is 3.65. The van der Waals surface area contributed by atoms with Crippen LogP contribution >= 0.6 is 24.0 Å². The third kappa shape index (κ3) is 7.73. The summed E-state index contributed by atoms with van der Waals surface area (Å²) in [5, 5.41) is 3.36. The zero-order valence-electron chi connectivity index (χ0n) is 18.5. The van der Waals surface area contributed by atoms with Gasteiger partial charge in [0.2, 0.25) is 0 Å². The highest BCUT2D eigenvalue weighted by Gasteiger charge is 2.18. The van der Waals surface area contributed by atoms with Crippen LogP contribution in [0, 0.1) is 0 Å². The Morgan fingerprint density at radius 3 is 2.72 bits per heavy atom. The summed E-state index contributed by atoms with van der Waals surface area (Å²) >= 11 is 0. The van der Waals surface area contributed by atoms with E-state index in [2.05, 4.69) is 37.9 Å². The van der Waals surface area contributed by atoms with Crippen molar-refractivity contribution in [3.05, 3.63) is 53.7 Å². The van der Waals surface area contributed by atoms with Gasteiger partial charge < -0.3 is 24.6 Å². The molecular weight excluding hydrogens is 531 g/mol. The number of guanidine groups is 1. The molecule has 1 unspecified atom stereocenters. The van der Waals surface area contributed by atoms with Crippen molar-refractivity contribution < 1.29 is 18.3 Å². The number of halogens is 3. The SMILES string of the molecule is CN=C(NCc1ccnc(N2CCOC(C)C2)c1)N(C)Cc1ccc(OC(F)F)cc1.I. The average molecular weight is 561 g/mol. The van der Waals surface area contributed by atoms with E-state index in [1.54, 1.807) is 19.2 Å². The maximum absolute atomic E-state index is 12.3. The minimum absolute atomic E-state index is 0. The predicted molar refractivity (Wildman–Crippen MR) is 132 cm³/mol. The molecule has 176 valence electrons. The van der Waals surface area contributed by atoms with Crippen molar-refractivity contribution >= 4 is 35.8 Å². The highest BCUT2D eigenvalue weighted by molar-refractivity contribution is 14.0. The summed E-state index contributed by atoms with van der Waals surface area (Å²) in [5.41, 5.74) is 2.06. The maximum atomic E-state index is 12.3. The minimum atomic E-state index is -2.82. The number of rotatable bonds is 7. The number of hydrogen-bond donors (Lipinski definition) is 1. The molecule has 1 aliphatic rings. The molecule has 0 spiro atoms. The van der Waals surface area contributed by atoms with Crippen LogP contribution in [0.1, 0.15) is 18.1 Å². The molecule has 0 bridgehead atoms. The van der Waals surface area contributed by atoms with E-state index in [9.17, 15) is 8.78 Å². The second-order valence-electron chi connectivity index (χ2n) is 7.43. The Morgan fingerprint density at radius 2 is 2.06 bits per heavy atom. The van der Waals surface area contributed by atoms with Crippen LogP contribution in [0.25, 0.3) is 0 Å². The van der Waals surface area contributed by atoms with Gasteiger partial charge in [-0.1, -0.05) is 12.1 Å². The number of aromatic nitrogens is 1. The molecule has 1 fully saturated rings. The quantitative estimate of drug-likeness (QED) is 0.316. The van der Waals surface area contributed by atoms with Crippen molar-refractivity contribution in [2.75, 3.05) is 38.7 Å². The largest absolute Gasteiger partial charge is 0.435 e. The highest BCUT2D eigenvalue weighted by Crippen LogP contribution is 2.17. The lowest BCUT2D eigenvalue weighted by Gasteiger charge is -2.32. The summed E-state index contributed by atoms with van der Waals surface area (Å²) in [4.78, 5) is 13.1. The van der Waals surface area contributed by atoms with E-state index in [1.807, 2.05) is 24.2 Å². The molecule has 10 heteroatoms. The van der Waals surface area contributed by atoms with E-state index in [1.165, 1.54) is 12.1 Å². The van der Waals surface area contributed by atoms with Gasteiger partial charge in [0.25, 0.3) is 0 Å². The first-order chi connectivity index (χ1) is 14.9. The monoisotopic (exact) mass is 561 g/mol. The number of aliphatic imine (C=N–C) groups is 1. The van der Waals surface area contributed by atoms with Gasteiger partial charge in [-0.25, -0.2) is 4.98 Å². The lowest BCUT2D eigenvalue weighted by atomic mass is 10.2. The van der Waals surface area contributed by atoms with Gasteiger partial charge in [0, 0.05) is 46.5 Å². The Morgan fingerprint density at radius 1 is 1.31 bits per heavy atom. The number of hydrogen-bond acceptors (Lipinski definition) is 5. The van der Waals surface area contributed by atoms with Crippen molar-refractivity contribution in [2.45, 2.75) is 32.7 Å². The topological polar surface area (TPSA) is 62.2 Å². The lowest BCUT2D eigenvalue weighted by molar-refractivity contribution is -0.0498. The fraction of sp³-hybridized carbons (Fsp3) is 0.455. The first kappa shape index (κ1) is 26.0. The molecule has 0 radical (unpaired) electrons. The number of pyridine rings is 1. The van der Waals surface area contributed by atoms with E-state index in [0.717, 1.165) is 36.0 Å². The molecular formula is C22H30F2IN5O2. The smallest absolute Gasteiger partial charge is 0.387 e. The zero-order valence-corrected chi connectivity index (χ0v) is 20.8. The lowest BCUT2D eigenvalue weighted by Crippen LogP contribution is -2.41. The summed E-state index contributed by atoms with van der Waals surface area (Å²) < 4.78 is 34.6. The molecule has 0 amide bonds. The standard InChI is InChI=1S/C22H29F2N5O2.HI/c1-16-14-29(10-11-30-16)20-12-18(8-9-26-20)13-27-22(25-2)28(3)15-17-4-6-19(7-5-17)31-21(23)24;/h4-9,12,16,21H,10-11,13-15H2,1-3H3,(H,25,27);1H. The van der Waals surface area contributed by atoms with Gasteiger partial charge in [-0.2, -0.15) is 8.78 Å². The van der Waals surface area contributed by atoms with E-state index < -0.39 is 6.61 Å². The first-order valence-corrected chi connectivity index (χ1v) is 10.2. The molecule has 1 aromatic carbocycles. The molecule has 32 heavy (non-hydrogen) atoms. The van der Waals surface area contributed by atoms with Crippen molar-refractivity contribution in [2.24, 2.45) is 4.99 Å². The molecule has 3 rings (SSSR count). The van der Waals surface area contributed by atoms with Crippen LogP contribution in [-0.2, 0) is 17.8 Å². The third-order valence-electron chi connectivity index (χ3n) is 4.97. The second kappa shape index (κ2) is 12.7. The van der Waals surface area contributed by atoms with Gasteiger partial charge in [-0.05, 0) is 42.3 Å². The molecule has 1 aliphatic heterocycles. The molecule has 1 N–H and O–H groups in total.